The summed E-state index contributed by atoms with van der Waals surface area (Å²) in [4.78, 5) is 26.4. The van der Waals surface area contributed by atoms with Gasteiger partial charge in [0.1, 0.15) is 0 Å². The van der Waals surface area contributed by atoms with Crippen molar-refractivity contribution in [3.8, 4) is 0 Å². The predicted octanol–water partition coefficient (Wildman–Crippen LogP) is 1.62. The molecule has 1 aromatic carbocycles. The van der Waals surface area contributed by atoms with Crippen LogP contribution in [0.3, 0.4) is 0 Å². The van der Waals surface area contributed by atoms with Gasteiger partial charge in [-0.25, -0.2) is 4.79 Å². The SMILES string of the molecule is COC(=O)c1nnc(C(=O)N2CCC[C@@H](OCc3ccccc3)C2)cc1CCO. The second-order valence-corrected chi connectivity index (χ2v) is 6.88. The molecular weight excluding hydrogens is 374 g/mol. The minimum absolute atomic E-state index is 0.0146. The molecule has 1 aromatic heterocycles. The van der Waals surface area contributed by atoms with Crippen LogP contribution < -0.4 is 0 Å². The zero-order valence-electron chi connectivity index (χ0n) is 16.4. The van der Waals surface area contributed by atoms with E-state index in [1.807, 2.05) is 30.3 Å². The number of hydrogen-bond acceptors (Lipinski definition) is 7. The molecule has 0 spiro atoms. The lowest BCUT2D eigenvalue weighted by molar-refractivity contribution is -0.00692. The summed E-state index contributed by atoms with van der Waals surface area (Å²) in [5.41, 5.74) is 1.69. The molecule has 2 aromatic rings. The Morgan fingerprint density at radius 3 is 2.76 bits per heavy atom. The number of nitrogens with zero attached hydrogens (tertiary/aromatic N) is 3. The number of hydrogen-bond donors (Lipinski definition) is 1. The second-order valence-electron chi connectivity index (χ2n) is 6.88. The van der Waals surface area contributed by atoms with E-state index < -0.39 is 5.97 Å². The Kier molecular flexibility index (Phi) is 7.26. The molecule has 1 aliphatic heterocycles. The van der Waals surface area contributed by atoms with Gasteiger partial charge in [-0.2, -0.15) is 0 Å². The van der Waals surface area contributed by atoms with E-state index in [9.17, 15) is 14.7 Å². The maximum absolute atomic E-state index is 12.9. The lowest BCUT2D eigenvalue weighted by Crippen LogP contribution is -2.43. The first kappa shape index (κ1) is 20.9. The summed E-state index contributed by atoms with van der Waals surface area (Å²) in [7, 11) is 1.25. The predicted molar refractivity (Wildman–Crippen MR) is 104 cm³/mol. The van der Waals surface area contributed by atoms with E-state index >= 15 is 0 Å². The number of carbonyl (C=O) groups is 2. The standard InChI is InChI=1S/C21H25N3O5/c1-28-21(27)19-16(9-11-25)12-18(22-23-19)20(26)24-10-5-8-17(13-24)29-14-15-6-3-2-4-7-15/h2-4,6-7,12,17,25H,5,8-11,13-14H2,1H3/t17-/m1/s1. The average Bonchev–Trinajstić information content (AvgIpc) is 2.78. The summed E-state index contributed by atoms with van der Waals surface area (Å²) in [5, 5.41) is 17.0. The highest BCUT2D eigenvalue weighted by atomic mass is 16.5. The highest BCUT2D eigenvalue weighted by Crippen LogP contribution is 2.18. The molecule has 1 fully saturated rings. The van der Waals surface area contributed by atoms with Gasteiger partial charge in [0.15, 0.2) is 11.4 Å². The van der Waals surface area contributed by atoms with Gasteiger partial charge in [-0.3, -0.25) is 4.79 Å². The lowest BCUT2D eigenvalue weighted by Gasteiger charge is -2.32. The fraction of sp³-hybridized carbons (Fsp3) is 0.429. The molecule has 0 unspecified atom stereocenters. The van der Waals surface area contributed by atoms with Crippen LogP contribution in [0, 0.1) is 0 Å². The molecule has 154 valence electrons. The molecule has 1 amide bonds. The third-order valence-electron chi connectivity index (χ3n) is 4.85. The number of methoxy groups -OCH3 is 1. The number of benzene rings is 1. The molecule has 1 aliphatic rings. The molecule has 0 saturated carbocycles. The van der Waals surface area contributed by atoms with Crippen LogP contribution in [-0.4, -0.2) is 65.0 Å². The molecule has 1 atom stereocenters. The van der Waals surface area contributed by atoms with Crippen molar-refractivity contribution in [1.29, 1.82) is 0 Å². The van der Waals surface area contributed by atoms with Crippen molar-refractivity contribution in [3.05, 3.63) is 58.9 Å². The van der Waals surface area contributed by atoms with Crippen LogP contribution in [0.4, 0.5) is 0 Å². The van der Waals surface area contributed by atoms with Gasteiger partial charge in [0.25, 0.3) is 5.91 Å². The van der Waals surface area contributed by atoms with Crippen LogP contribution in [-0.2, 0) is 22.5 Å². The smallest absolute Gasteiger partial charge is 0.358 e. The topological polar surface area (TPSA) is 102 Å². The maximum atomic E-state index is 12.9. The molecule has 2 heterocycles. The van der Waals surface area contributed by atoms with Gasteiger partial charge in [-0.05, 0) is 36.5 Å². The number of rotatable bonds is 7. The first-order valence-electron chi connectivity index (χ1n) is 9.63. The molecule has 8 heteroatoms. The van der Waals surface area contributed by atoms with E-state index in [2.05, 4.69) is 14.9 Å². The molecule has 0 aliphatic carbocycles. The number of piperidine rings is 1. The highest BCUT2D eigenvalue weighted by Gasteiger charge is 2.27. The van der Waals surface area contributed by atoms with Crippen molar-refractivity contribution in [1.82, 2.24) is 15.1 Å². The largest absolute Gasteiger partial charge is 0.464 e. The normalized spacial score (nSPS) is 16.5. The zero-order chi connectivity index (χ0) is 20.6. The monoisotopic (exact) mass is 399 g/mol. The number of aromatic nitrogens is 2. The van der Waals surface area contributed by atoms with E-state index in [0.717, 1.165) is 18.4 Å². The van der Waals surface area contributed by atoms with Gasteiger partial charge >= 0.3 is 5.97 Å². The Bertz CT molecular complexity index is 843. The first-order chi connectivity index (χ1) is 14.1. The fourth-order valence-electron chi connectivity index (χ4n) is 3.32. The van der Waals surface area contributed by atoms with E-state index in [4.69, 9.17) is 4.74 Å². The molecule has 1 saturated heterocycles. The van der Waals surface area contributed by atoms with Crippen molar-refractivity contribution in [2.45, 2.75) is 32.0 Å². The molecule has 3 rings (SSSR count). The third-order valence-corrected chi connectivity index (χ3v) is 4.85. The van der Waals surface area contributed by atoms with Crippen molar-refractivity contribution in [2.24, 2.45) is 0 Å². The van der Waals surface area contributed by atoms with Gasteiger partial charge < -0.3 is 19.5 Å². The molecule has 1 N–H and O–H groups in total. The van der Waals surface area contributed by atoms with Crippen LogP contribution in [0.15, 0.2) is 36.4 Å². The zero-order valence-corrected chi connectivity index (χ0v) is 16.4. The summed E-state index contributed by atoms with van der Waals surface area (Å²) in [6.07, 6.45) is 1.86. The van der Waals surface area contributed by atoms with Gasteiger partial charge in [0.05, 0.1) is 19.8 Å². The summed E-state index contributed by atoms with van der Waals surface area (Å²) < 4.78 is 10.7. The number of esters is 1. The van der Waals surface area contributed by atoms with Crippen LogP contribution in [0.25, 0.3) is 0 Å². The summed E-state index contributed by atoms with van der Waals surface area (Å²) in [5.74, 6) is -0.909. The molecule has 0 bridgehead atoms. The Labute approximate surface area is 169 Å². The Balaban J connectivity index is 1.67. The van der Waals surface area contributed by atoms with Crippen molar-refractivity contribution < 1.29 is 24.2 Å². The van der Waals surface area contributed by atoms with Crippen molar-refractivity contribution in [2.75, 3.05) is 26.8 Å². The van der Waals surface area contributed by atoms with Crippen molar-refractivity contribution >= 4 is 11.9 Å². The van der Waals surface area contributed by atoms with E-state index in [1.54, 1.807) is 4.90 Å². The van der Waals surface area contributed by atoms with Crippen LogP contribution >= 0.6 is 0 Å². The number of likely N-dealkylation sites (tertiary alicyclic amines) is 1. The molecule has 29 heavy (non-hydrogen) atoms. The average molecular weight is 399 g/mol. The number of ether oxygens (including phenoxy) is 2. The van der Waals surface area contributed by atoms with Gasteiger partial charge in [0, 0.05) is 19.7 Å². The van der Waals surface area contributed by atoms with Gasteiger partial charge in [0.2, 0.25) is 0 Å². The number of carbonyl (C=O) groups excluding carboxylic acids is 2. The van der Waals surface area contributed by atoms with Crippen LogP contribution in [0.2, 0.25) is 0 Å². The lowest BCUT2D eigenvalue weighted by atomic mass is 10.1. The van der Waals surface area contributed by atoms with Crippen LogP contribution in [0.5, 0.6) is 0 Å². The molecule has 0 radical (unpaired) electrons. The fourth-order valence-corrected chi connectivity index (χ4v) is 3.32. The van der Waals surface area contributed by atoms with Crippen molar-refractivity contribution in [3.63, 3.8) is 0 Å². The number of amides is 1. The minimum Gasteiger partial charge on any atom is -0.464 e. The van der Waals surface area contributed by atoms with Crippen LogP contribution in [0.1, 0.15) is 44.9 Å². The van der Waals surface area contributed by atoms with Gasteiger partial charge in [-0.15, -0.1) is 10.2 Å². The Hall–Kier alpha value is -2.84. The summed E-state index contributed by atoms with van der Waals surface area (Å²) >= 11 is 0. The minimum atomic E-state index is -0.646. The first-order valence-corrected chi connectivity index (χ1v) is 9.63. The summed E-state index contributed by atoms with van der Waals surface area (Å²) in [6, 6.07) is 11.4. The number of aliphatic hydroxyl groups excluding tert-OH is 1. The third kappa shape index (κ3) is 5.36. The van der Waals surface area contributed by atoms with E-state index in [0.29, 0.717) is 25.3 Å². The molecule has 8 nitrogen and oxygen atoms in total. The highest BCUT2D eigenvalue weighted by molar-refractivity contribution is 5.94. The molecular formula is C21H25N3O5. The second kappa shape index (κ2) is 10.1. The number of aliphatic hydroxyl groups is 1. The quantitative estimate of drug-likeness (QED) is 0.706. The maximum Gasteiger partial charge on any atom is 0.358 e. The summed E-state index contributed by atoms with van der Waals surface area (Å²) in [6.45, 7) is 1.41. The Morgan fingerprint density at radius 1 is 1.24 bits per heavy atom. The van der Waals surface area contributed by atoms with E-state index in [-0.39, 0.29) is 36.4 Å². The van der Waals surface area contributed by atoms with Gasteiger partial charge in [-0.1, -0.05) is 30.3 Å². The Morgan fingerprint density at radius 2 is 2.03 bits per heavy atom. The van der Waals surface area contributed by atoms with E-state index in [1.165, 1.54) is 13.2 Å².